The van der Waals surface area contributed by atoms with Gasteiger partial charge in [-0.2, -0.15) is 0 Å². The van der Waals surface area contributed by atoms with Crippen LogP contribution in [0, 0.1) is 0 Å². The minimum atomic E-state index is -4.67. The number of carbonyl (C=O) groups is 1. The van der Waals surface area contributed by atoms with Crippen molar-refractivity contribution in [3.63, 3.8) is 0 Å². The minimum Gasteiger partial charge on any atom is -0.493 e. The molecule has 0 bridgehead atoms. The zero-order valence-electron chi connectivity index (χ0n) is 18.9. The number of fused-ring (bicyclic) bond motifs is 6. The van der Waals surface area contributed by atoms with Gasteiger partial charge in [-0.15, -0.1) is 13.2 Å². The molecule has 34 heavy (non-hydrogen) atoms. The summed E-state index contributed by atoms with van der Waals surface area (Å²) in [6, 6.07) is 6.23. The average Bonchev–Trinajstić information content (AvgIpc) is 3.03. The summed E-state index contributed by atoms with van der Waals surface area (Å²) >= 11 is 0. The fourth-order valence-corrected chi connectivity index (χ4v) is 4.81. The summed E-state index contributed by atoms with van der Waals surface area (Å²) < 4.78 is 53.3. The Balaban J connectivity index is 1.72. The topological polar surface area (TPSA) is 90.2 Å². The van der Waals surface area contributed by atoms with Gasteiger partial charge in [-0.25, -0.2) is 4.79 Å². The molecule has 1 N–H and O–H groups in total. The van der Waals surface area contributed by atoms with Gasteiger partial charge in [-0.3, -0.25) is 19.2 Å². The normalized spacial score (nSPS) is 20.5. The summed E-state index contributed by atoms with van der Waals surface area (Å²) in [6.07, 6.45) is -2.87. The molecule has 1 aromatic heterocycles. The smallest absolute Gasteiger partial charge is 0.493 e. The molecule has 2 aromatic rings. The molecule has 11 heteroatoms. The van der Waals surface area contributed by atoms with Gasteiger partial charge in [0, 0.05) is 37.8 Å². The highest BCUT2D eigenvalue weighted by Crippen LogP contribution is 2.49. The second-order valence-electron chi connectivity index (χ2n) is 8.91. The lowest BCUT2D eigenvalue weighted by Gasteiger charge is -2.44. The third-order valence-electron chi connectivity index (χ3n) is 6.17. The van der Waals surface area contributed by atoms with Gasteiger partial charge >= 0.3 is 12.3 Å². The summed E-state index contributed by atoms with van der Waals surface area (Å²) in [7, 11) is 1.61. The third kappa shape index (κ3) is 4.37. The molecule has 0 amide bonds. The Bertz CT molecular complexity index is 1160. The van der Waals surface area contributed by atoms with Gasteiger partial charge in [-0.05, 0) is 37.6 Å². The Kier molecular flexibility index (Phi) is 6.11. The molecular formula is C23H25F3N2O6. The van der Waals surface area contributed by atoms with E-state index in [0.29, 0.717) is 17.9 Å². The van der Waals surface area contributed by atoms with Crippen LogP contribution < -0.4 is 15.2 Å². The van der Waals surface area contributed by atoms with E-state index in [4.69, 9.17) is 9.47 Å². The predicted octanol–water partition coefficient (Wildman–Crippen LogP) is 3.71. The molecule has 2 atom stereocenters. The number of aromatic carboxylic acids is 1. The van der Waals surface area contributed by atoms with Gasteiger partial charge in [0.2, 0.25) is 0 Å². The number of nitrogens with zero attached hydrogens (tertiary/aromatic N) is 2. The lowest BCUT2D eigenvalue weighted by molar-refractivity contribution is -0.324. The van der Waals surface area contributed by atoms with E-state index in [-0.39, 0.29) is 30.7 Å². The second kappa shape index (κ2) is 8.62. The molecule has 0 spiro atoms. The summed E-state index contributed by atoms with van der Waals surface area (Å²) in [5.41, 5.74) is 0.717. The van der Waals surface area contributed by atoms with E-state index < -0.39 is 29.9 Å². The highest BCUT2D eigenvalue weighted by atomic mass is 19.4. The maximum absolute atomic E-state index is 12.5. The van der Waals surface area contributed by atoms with Crippen molar-refractivity contribution in [3.05, 3.63) is 51.8 Å². The van der Waals surface area contributed by atoms with E-state index in [9.17, 15) is 27.9 Å². The molecule has 2 aliphatic rings. The highest BCUT2D eigenvalue weighted by molar-refractivity contribution is 5.88. The molecule has 0 saturated carbocycles. The SMILES string of the molecule is COC1CC(C)(C)N2C1c1cc(OCCCOC(F)(F)F)ccc1-c1cc(=O)c(C(=O)O)cn12. The summed E-state index contributed by atoms with van der Waals surface area (Å²) in [5.74, 6) is -0.843. The average molecular weight is 482 g/mol. The van der Waals surface area contributed by atoms with Crippen molar-refractivity contribution >= 4 is 5.97 Å². The van der Waals surface area contributed by atoms with Crippen molar-refractivity contribution < 1.29 is 37.3 Å². The first-order valence-electron chi connectivity index (χ1n) is 10.7. The number of carboxylic acid groups (broad SMARTS) is 1. The number of pyridine rings is 1. The Morgan fingerprint density at radius 2 is 1.97 bits per heavy atom. The standard InChI is InChI=1S/C23H25F3N2O6/c1-22(2)11-19(32-3)20-15-9-13(33-7-4-8-34-23(24,25)26)5-6-14(15)17-10-18(29)16(21(30)31)12-27(17)28(20)22/h5-6,9-10,12,19-20H,4,7-8,11H2,1-3H3,(H,30,31). The number of methoxy groups -OCH3 is 1. The molecule has 1 saturated heterocycles. The number of hydrogen-bond donors (Lipinski definition) is 1. The number of ether oxygens (including phenoxy) is 3. The Morgan fingerprint density at radius 1 is 1.24 bits per heavy atom. The second-order valence-corrected chi connectivity index (χ2v) is 8.91. The number of benzene rings is 1. The number of aromatic nitrogens is 1. The zero-order chi connectivity index (χ0) is 24.8. The van der Waals surface area contributed by atoms with Crippen molar-refractivity contribution in [2.75, 3.05) is 25.3 Å². The van der Waals surface area contributed by atoms with Crippen molar-refractivity contribution in [2.24, 2.45) is 0 Å². The number of halogens is 3. The fourth-order valence-electron chi connectivity index (χ4n) is 4.81. The zero-order valence-corrected chi connectivity index (χ0v) is 18.9. The van der Waals surface area contributed by atoms with Crippen LogP contribution >= 0.6 is 0 Å². The van der Waals surface area contributed by atoms with Crippen LogP contribution in [-0.4, -0.2) is 54.1 Å². The van der Waals surface area contributed by atoms with Crippen molar-refractivity contribution in [1.29, 1.82) is 0 Å². The van der Waals surface area contributed by atoms with E-state index in [0.717, 1.165) is 11.1 Å². The predicted molar refractivity (Wildman–Crippen MR) is 116 cm³/mol. The van der Waals surface area contributed by atoms with Crippen LogP contribution in [0.15, 0.2) is 35.3 Å². The van der Waals surface area contributed by atoms with Gasteiger partial charge < -0.3 is 14.6 Å². The quantitative estimate of drug-likeness (QED) is 0.602. The molecule has 2 unspecified atom stereocenters. The summed E-state index contributed by atoms with van der Waals surface area (Å²) in [6.45, 7) is 3.54. The highest BCUT2D eigenvalue weighted by Gasteiger charge is 2.51. The molecule has 0 radical (unpaired) electrons. The maximum Gasteiger partial charge on any atom is 0.522 e. The van der Waals surface area contributed by atoms with Crippen LogP contribution in [0.5, 0.6) is 5.75 Å². The number of rotatable bonds is 7. The molecule has 0 aliphatic carbocycles. The lowest BCUT2D eigenvalue weighted by Crippen LogP contribution is -2.50. The molecule has 184 valence electrons. The molecule has 1 fully saturated rings. The third-order valence-corrected chi connectivity index (χ3v) is 6.17. The number of alkyl halides is 3. The summed E-state index contributed by atoms with van der Waals surface area (Å²) in [4.78, 5) is 24.1. The molecular weight excluding hydrogens is 457 g/mol. The largest absolute Gasteiger partial charge is 0.522 e. The van der Waals surface area contributed by atoms with Crippen LogP contribution in [0.4, 0.5) is 13.2 Å². The van der Waals surface area contributed by atoms with Crippen LogP contribution in [0.2, 0.25) is 0 Å². The van der Waals surface area contributed by atoms with E-state index in [1.807, 2.05) is 18.9 Å². The fraction of sp³-hybridized carbons (Fsp3) is 0.478. The van der Waals surface area contributed by atoms with E-state index in [2.05, 4.69) is 4.74 Å². The van der Waals surface area contributed by atoms with Crippen LogP contribution in [0.1, 0.15) is 48.7 Å². The van der Waals surface area contributed by atoms with E-state index >= 15 is 0 Å². The maximum atomic E-state index is 12.5. The molecule has 4 rings (SSSR count). The van der Waals surface area contributed by atoms with Crippen LogP contribution in [0.25, 0.3) is 11.3 Å². The first-order chi connectivity index (χ1) is 15.9. The van der Waals surface area contributed by atoms with E-state index in [1.165, 1.54) is 12.3 Å². The van der Waals surface area contributed by atoms with E-state index in [1.54, 1.807) is 30.0 Å². The number of hydrogen-bond acceptors (Lipinski definition) is 6. The van der Waals surface area contributed by atoms with Crippen LogP contribution in [-0.2, 0) is 9.47 Å². The lowest BCUT2D eigenvalue weighted by atomic mass is 9.92. The van der Waals surface area contributed by atoms with Crippen molar-refractivity contribution in [2.45, 2.75) is 50.7 Å². The Morgan fingerprint density at radius 3 is 2.62 bits per heavy atom. The van der Waals surface area contributed by atoms with Gasteiger partial charge in [0.1, 0.15) is 11.3 Å². The molecule has 2 aliphatic heterocycles. The Labute approximate surface area is 193 Å². The van der Waals surface area contributed by atoms with Crippen molar-refractivity contribution in [3.8, 4) is 17.0 Å². The molecule has 1 aromatic carbocycles. The molecule has 3 heterocycles. The summed E-state index contributed by atoms with van der Waals surface area (Å²) in [5, 5.41) is 11.5. The van der Waals surface area contributed by atoms with Gasteiger partial charge in [-0.1, -0.05) is 0 Å². The van der Waals surface area contributed by atoms with Crippen LogP contribution in [0.3, 0.4) is 0 Å². The molecule has 8 nitrogen and oxygen atoms in total. The monoisotopic (exact) mass is 482 g/mol. The van der Waals surface area contributed by atoms with Crippen molar-refractivity contribution in [1.82, 2.24) is 4.68 Å². The minimum absolute atomic E-state index is 0.0282. The van der Waals surface area contributed by atoms with Gasteiger partial charge in [0.25, 0.3) is 0 Å². The Hall–Kier alpha value is -3.05. The first-order valence-corrected chi connectivity index (χ1v) is 10.7. The number of carboxylic acids is 1. The van der Waals surface area contributed by atoms with Gasteiger partial charge in [0.05, 0.1) is 36.6 Å². The van der Waals surface area contributed by atoms with Gasteiger partial charge in [0.15, 0.2) is 5.43 Å². The first kappa shape index (κ1) is 24.1.